The van der Waals surface area contributed by atoms with Crippen LogP contribution in [0.15, 0.2) is 36.4 Å². The van der Waals surface area contributed by atoms with Gasteiger partial charge in [0.05, 0.1) is 0 Å². The Morgan fingerprint density at radius 2 is 0.652 bits per heavy atom. The van der Waals surface area contributed by atoms with Gasteiger partial charge in [-0.3, -0.25) is 9.97 Å². The summed E-state index contributed by atoms with van der Waals surface area (Å²) in [6.45, 7) is 12.2. The van der Waals surface area contributed by atoms with Crippen LogP contribution < -0.4 is 10.2 Å². The second-order valence-electron chi connectivity index (χ2n) is 9.08. The summed E-state index contributed by atoms with van der Waals surface area (Å²) in [4.78, 5) is 8.47. The van der Waals surface area contributed by atoms with Crippen LogP contribution in [0.2, 0.25) is 0 Å². The second kappa shape index (κ2) is 18.1. The molecule has 0 amide bonds. The molecule has 0 bridgehead atoms. The summed E-state index contributed by atoms with van der Waals surface area (Å²) in [5.41, 5.74) is 0.444. The van der Waals surface area contributed by atoms with E-state index < -0.39 is 47.5 Å². The Morgan fingerprint density at radius 3 is 0.783 bits per heavy atom. The number of hydrogen-bond donors (Lipinski definition) is 0. The van der Waals surface area contributed by atoms with Gasteiger partial charge in [0.2, 0.25) is 0 Å². The molecule has 0 aliphatic carbocycles. The SMILES string of the molecule is Cc1cc(C)nc(C)c1.Cc1cc(C)nc(C)c1.FC(F)(F)c1cc(C(F)(F)F)[n-]n1.FC(F)(F)c1cc(C(F)(F)F)[n-]n1.[Ag+].[Ag+]. The van der Waals surface area contributed by atoms with Crippen LogP contribution in [0.1, 0.15) is 56.7 Å². The molecular weight excluding hydrogens is 840 g/mol. The smallest absolute Gasteiger partial charge is 0.571 e. The summed E-state index contributed by atoms with van der Waals surface area (Å²) in [6.07, 6.45) is -19.6. The minimum absolute atomic E-state index is 0. The van der Waals surface area contributed by atoms with Crippen molar-refractivity contribution in [1.82, 2.24) is 30.4 Å². The van der Waals surface area contributed by atoms with Gasteiger partial charge in [-0.05, 0) is 100 Å². The molecule has 4 aromatic rings. The molecular formula is C26H24Ag2F12N6. The third-order valence-corrected chi connectivity index (χ3v) is 4.69. The molecule has 264 valence electrons. The van der Waals surface area contributed by atoms with Gasteiger partial charge in [-0.1, -0.05) is 0 Å². The minimum atomic E-state index is -4.89. The Labute approximate surface area is 286 Å². The maximum atomic E-state index is 11.7. The van der Waals surface area contributed by atoms with Crippen LogP contribution in [0, 0.1) is 41.5 Å². The molecule has 4 rings (SSSR count). The van der Waals surface area contributed by atoms with Crippen LogP contribution in [0.5, 0.6) is 0 Å². The monoisotopic (exact) mass is 862 g/mol. The third-order valence-electron chi connectivity index (χ3n) is 4.69. The summed E-state index contributed by atoms with van der Waals surface area (Å²) >= 11 is 0. The molecule has 0 atom stereocenters. The van der Waals surface area contributed by atoms with Gasteiger partial charge < -0.3 is 20.4 Å². The number of rotatable bonds is 0. The maximum absolute atomic E-state index is 11.7. The molecule has 20 heteroatoms. The minimum Gasteiger partial charge on any atom is -0.571 e. The zero-order chi connectivity index (χ0) is 34.3. The summed E-state index contributed by atoms with van der Waals surface area (Å²) in [7, 11) is 0. The van der Waals surface area contributed by atoms with Gasteiger partial charge >= 0.3 is 69.5 Å². The Bertz CT molecular complexity index is 1220. The van der Waals surface area contributed by atoms with E-state index in [-0.39, 0.29) is 56.9 Å². The van der Waals surface area contributed by atoms with E-state index in [2.05, 4.69) is 68.5 Å². The summed E-state index contributed by atoms with van der Waals surface area (Å²) in [6, 6.07) is 8.03. The molecule has 4 aromatic heterocycles. The zero-order valence-corrected chi connectivity index (χ0v) is 27.3. The van der Waals surface area contributed by atoms with Crippen LogP contribution in [-0.2, 0) is 69.5 Å². The molecule has 0 N–H and O–H groups in total. The van der Waals surface area contributed by atoms with Crippen molar-refractivity contribution >= 4 is 0 Å². The van der Waals surface area contributed by atoms with Crippen molar-refractivity contribution in [2.75, 3.05) is 0 Å². The van der Waals surface area contributed by atoms with Crippen molar-refractivity contribution in [3.05, 3.63) is 93.1 Å². The first-order valence-corrected chi connectivity index (χ1v) is 11.9. The standard InChI is InChI=1S/2C8H11N.2C5HF6N2.2Ag/c2*1-6-4-7(2)9-8(3)5-6;2*6-4(7,8)2-1-3(13-12-2)5(9,10)11;;/h2*4-5H,1-3H3;2*1H;;/q;;2*-1;2*+1. The van der Waals surface area contributed by atoms with Crippen LogP contribution in [0.25, 0.3) is 0 Å². The van der Waals surface area contributed by atoms with Crippen LogP contribution in [0.4, 0.5) is 52.7 Å². The van der Waals surface area contributed by atoms with Crippen LogP contribution in [-0.4, -0.2) is 20.2 Å². The normalized spacial score (nSPS) is 11.3. The Morgan fingerprint density at radius 1 is 0.413 bits per heavy atom. The molecule has 0 aliphatic heterocycles. The average Bonchev–Trinajstić information content (AvgIpc) is 3.48. The predicted octanol–water partition coefficient (Wildman–Crippen LogP) is 8.16. The molecule has 0 spiro atoms. The number of halogens is 12. The van der Waals surface area contributed by atoms with Crippen molar-refractivity contribution in [2.24, 2.45) is 0 Å². The first-order valence-electron chi connectivity index (χ1n) is 11.9. The molecule has 0 saturated carbocycles. The van der Waals surface area contributed by atoms with E-state index in [0.29, 0.717) is 0 Å². The molecule has 4 heterocycles. The quantitative estimate of drug-likeness (QED) is 0.131. The number of nitrogens with zero attached hydrogens (tertiary/aromatic N) is 6. The maximum Gasteiger partial charge on any atom is 1.00 e. The summed E-state index contributed by atoms with van der Waals surface area (Å²) < 4.78 is 141. The van der Waals surface area contributed by atoms with E-state index in [0.717, 1.165) is 22.8 Å². The summed E-state index contributed by atoms with van der Waals surface area (Å²) in [5.74, 6) is 0. The Hall–Kier alpha value is -2.64. The molecule has 0 fully saturated rings. The third kappa shape index (κ3) is 16.8. The van der Waals surface area contributed by atoms with E-state index in [9.17, 15) is 52.7 Å². The van der Waals surface area contributed by atoms with Crippen LogP contribution in [0.3, 0.4) is 0 Å². The van der Waals surface area contributed by atoms with Gasteiger partial charge in [0.25, 0.3) is 0 Å². The number of pyridine rings is 2. The van der Waals surface area contributed by atoms with E-state index >= 15 is 0 Å². The molecule has 0 saturated heterocycles. The molecule has 0 radical (unpaired) electrons. The first-order chi connectivity index (χ1) is 19.8. The molecule has 6 nitrogen and oxygen atoms in total. The number of hydrogen-bond acceptors (Lipinski definition) is 4. The predicted molar refractivity (Wildman–Crippen MR) is 132 cm³/mol. The van der Waals surface area contributed by atoms with Gasteiger partial charge in [-0.15, -0.1) is 0 Å². The Kier molecular flexibility index (Phi) is 17.8. The van der Waals surface area contributed by atoms with Crippen molar-refractivity contribution in [1.29, 1.82) is 0 Å². The fourth-order valence-electron chi connectivity index (χ4n) is 3.23. The van der Waals surface area contributed by atoms with E-state index in [1.165, 1.54) is 11.1 Å². The molecule has 0 aromatic carbocycles. The van der Waals surface area contributed by atoms with Gasteiger partial charge in [0, 0.05) is 22.8 Å². The topological polar surface area (TPSA) is 79.8 Å². The van der Waals surface area contributed by atoms with E-state index in [1.54, 1.807) is 0 Å². The fraction of sp³-hybridized carbons (Fsp3) is 0.385. The second-order valence-corrected chi connectivity index (χ2v) is 9.08. The first kappa shape index (κ1) is 45.5. The van der Waals surface area contributed by atoms with Crippen molar-refractivity contribution in [2.45, 2.75) is 66.2 Å². The van der Waals surface area contributed by atoms with Crippen molar-refractivity contribution in [3.8, 4) is 0 Å². The Balaban J connectivity index is 0. The fourth-order valence-corrected chi connectivity index (χ4v) is 3.23. The molecule has 46 heavy (non-hydrogen) atoms. The molecule has 0 unspecified atom stereocenters. The number of aromatic nitrogens is 6. The van der Waals surface area contributed by atoms with Crippen LogP contribution >= 0.6 is 0 Å². The van der Waals surface area contributed by atoms with Crippen molar-refractivity contribution < 1.29 is 97.4 Å². The molecule has 0 aliphatic rings. The largest absolute Gasteiger partial charge is 1.00 e. The zero-order valence-electron chi connectivity index (χ0n) is 24.3. The van der Waals surface area contributed by atoms with E-state index in [1.807, 2.05) is 27.7 Å². The van der Waals surface area contributed by atoms with Crippen molar-refractivity contribution in [3.63, 3.8) is 0 Å². The average molecular weight is 864 g/mol. The van der Waals surface area contributed by atoms with Gasteiger partial charge in [0.15, 0.2) is 0 Å². The number of aryl methyl sites for hydroxylation is 6. The van der Waals surface area contributed by atoms with Gasteiger partial charge in [0.1, 0.15) is 11.4 Å². The summed E-state index contributed by atoms with van der Waals surface area (Å²) in [5, 5.41) is 9.44. The van der Waals surface area contributed by atoms with E-state index in [4.69, 9.17) is 0 Å². The number of alkyl halides is 12. The van der Waals surface area contributed by atoms with Gasteiger partial charge in [-0.25, -0.2) is 0 Å². The van der Waals surface area contributed by atoms with Gasteiger partial charge in [-0.2, -0.15) is 52.7 Å².